The largest absolute Gasteiger partial charge is 0.480 e. The Morgan fingerprint density at radius 1 is 1.53 bits per heavy atom. The van der Waals surface area contributed by atoms with E-state index in [2.05, 4.69) is 6.58 Å². The van der Waals surface area contributed by atoms with Crippen molar-refractivity contribution in [1.82, 2.24) is 0 Å². The van der Waals surface area contributed by atoms with Crippen molar-refractivity contribution in [2.75, 3.05) is 6.61 Å². The molecule has 1 rings (SSSR count). The van der Waals surface area contributed by atoms with Crippen LogP contribution in [-0.4, -0.2) is 23.7 Å². The van der Waals surface area contributed by atoms with Gasteiger partial charge in [-0.25, -0.2) is 0 Å². The molecule has 1 fully saturated rings. The van der Waals surface area contributed by atoms with Crippen LogP contribution in [0.3, 0.4) is 0 Å². The van der Waals surface area contributed by atoms with E-state index in [0.717, 1.165) is 5.57 Å². The molecule has 1 saturated carbocycles. The van der Waals surface area contributed by atoms with E-state index in [4.69, 9.17) is 9.84 Å². The number of hydrogen-bond acceptors (Lipinski definition) is 3. The number of rotatable bonds is 5. The van der Waals surface area contributed by atoms with Gasteiger partial charge < -0.3 is 9.84 Å². The molecule has 1 aliphatic carbocycles. The number of aliphatic carboxylic acids is 1. The number of carboxylic acids is 1. The molecule has 2 unspecified atom stereocenters. The number of esters is 1. The molecule has 0 amide bonds. The summed E-state index contributed by atoms with van der Waals surface area (Å²) >= 11 is 0. The van der Waals surface area contributed by atoms with Crippen LogP contribution in [0.25, 0.3) is 0 Å². The first-order chi connectivity index (χ1) is 7.00. The maximum atomic E-state index is 11.6. The van der Waals surface area contributed by atoms with Gasteiger partial charge in [0.15, 0.2) is 5.41 Å². The Hall–Kier alpha value is -1.32. The molecule has 1 aliphatic rings. The summed E-state index contributed by atoms with van der Waals surface area (Å²) in [4.78, 5) is 22.6. The molecular formula is C11H16O4. The Balaban J connectivity index is 2.82. The molecule has 0 heterocycles. The van der Waals surface area contributed by atoms with Gasteiger partial charge in [0.2, 0.25) is 0 Å². The van der Waals surface area contributed by atoms with Crippen molar-refractivity contribution in [3.05, 3.63) is 12.2 Å². The van der Waals surface area contributed by atoms with E-state index in [1.807, 2.05) is 6.92 Å². The number of carbonyl (C=O) groups is 2. The summed E-state index contributed by atoms with van der Waals surface area (Å²) < 4.78 is 4.79. The zero-order chi connectivity index (χ0) is 11.6. The lowest BCUT2D eigenvalue weighted by atomic mass is 9.99. The molecule has 0 aromatic heterocycles. The molecule has 0 aromatic carbocycles. The highest BCUT2D eigenvalue weighted by Gasteiger charge is 2.67. The van der Waals surface area contributed by atoms with Crippen LogP contribution in [0.15, 0.2) is 12.2 Å². The highest BCUT2D eigenvalue weighted by atomic mass is 16.5. The lowest BCUT2D eigenvalue weighted by Crippen LogP contribution is -2.30. The molecule has 1 N–H and O–H groups in total. The van der Waals surface area contributed by atoms with Crippen molar-refractivity contribution >= 4 is 11.9 Å². The Morgan fingerprint density at radius 2 is 2.13 bits per heavy atom. The van der Waals surface area contributed by atoms with Crippen molar-refractivity contribution in [3.8, 4) is 0 Å². The van der Waals surface area contributed by atoms with Crippen LogP contribution in [-0.2, 0) is 14.3 Å². The Morgan fingerprint density at radius 3 is 2.53 bits per heavy atom. The zero-order valence-electron chi connectivity index (χ0n) is 9.08. The molecule has 15 heavy (non-hydrogen) atoms. The molecular weight excluding hydrogens is 196 g/mol. The number of hydrogen-bond donors (Lipinski definition) is 1. The van der Waals surface area contributed by atoms with E-state index in [0.29, 0.717) is 12.8 Å². The smallest absolute Gasteiger partial charge is 0.324 e. The van der Waals surface area contributed by atoms with Crippen LogP contribution in [0.2, 0.25) is 0 Å². The molecule has 84 valence electrons. The fraction of sp³-hybridized carbons (Fsp3) is 0.636. The van der Waals surface area contributed by atoms with Gasteiger partial charge in [0.05, 0.1) is 6.61 Å². The summed E-state index contributed by atoms with van der Waals surface area (Å²) in [6, 6.07) is 0. The fourth-order valence-electron chi connectivity index (χ4n) is 1.81. The average Bonchev–Trinajstić information content (AvgIpc) is 2.93. The highest BCUT2D eigenvalue weighted by Crippen LogP contribution is 2.57. The SMILES string of the molecule is C=C(CC)C1CC1(C(=O)O)C(=O)OCC. The van der Waals surface area contributed by atoms with Crippen molar-refractivity contribution in [2.45, 2.75) is 26.7 Å². The summed E-state index contributed by atoms with van der Waals surface area (Å²) in [7, 11) is 0. The lowest BCUT2D eigenvalue weighted by molar-refractivity contribution is -0.161. The van der Waals surface area contributed by atoms with Gasteiger partial charge in [0.1, 0.15) is 0 Å². The standard InChI is InChI=1S/C11H16O4/c1-4-7(3)8-6-11(8,9(12)13)10(14)15-5-2/h8H,3-6H2,1-2H3,(H,12,13). The Labute approximate surface area is 88.9 Å². The number of ether oxygens (including phenoxy) is 1. The fourth-order valence-corrected chi connectivity index (χ4v) is 1.81. The summed E-state index contributed by atoms with van der Waals surface area (Å²) in [6.45, 7) is 7.56. The quantitative estimate of drug-likeness (QED) is 0.427. The van der Waals surface area contributed by atoms with Gasteiger partial charge >= 0.3 is 11.9 Å². The molecule has 2 atom stereocenters. The van der Waals surface area contributed by atoms with Gasteiger partial charge in [-0.05, 0) is 19.8 Å². The molecule has 4 heteroatoms. The maximum absolute atomic E-state index is 11.6. The van der Waals surface area contributed by atoms with Gasteiger partial charge in [-0.2, -0.15) is 0 Å². The molecule has 0 aromatic rings. The van der Waals surface area contributed by atoms with Crippen LogP contribution in [0.4, 0.5) is 0 Å². The molecule has 4 nitrogen and oxygen atoms in total. The summed E-state index contributed by atoms with van der Waals surface area (Å²) in [5.74, 6) is -1.98. The van der Waals surface area contributed by atoms with E-state index in [1.54, 1.807) is 6.92 Å². The molecule has 0 aliphatic heterocycles. The van der Waals surface area contributed by atoms with Crippen molar-refractivity contribution in [2.24, 2.45) is 11.3 Å². The maximum Gasteiger partial charge on any atom is 0.324 e. The van der Waals surface area contributed by atoms with Gasteiger partial charge in [0, 0.05) is 5.92 Å². The minimum atomic E-state index is -1.34. The first-order valence-corrected chi connectivity index (χ1v) is 5.09. The normalized spacial score (nSPS) is 28.3. The predicted molar refractivity (Wildman–Crippen MR) is 54.2 cm³/mol. The van der Waals surface area contributed by atoms with E-state index in [9.17, 15) is 9.59 Å². The van der Waals surface area contributed by atoms with Gasteiger partial charge in [-0.1, -0.05) is 19.1 Å². The monoisotopic (exact) mass is 212 g/mol. The Bertz CT molecular complexity index is 308. The first kappa shape index (κ1) is 11.8. The van der Waals surface area contributed by atoms with Crippen molar-refractivity contribution in [3.63, 3.8) is 0 Å². The van der Waals surface area contributed by atoms with Gasteiger partial charge in [-0.15, -0.1) is 0 Å². The number of carbonyl (C=O) groups excluding carboxylic acids is 1. The third-order valence-electron chi connectivity index (χ3n) is 2.93. The van der Waals surface area contributed by atoms with Crippen molar-refractivity contribution in [1.29, 1.82) is 0 Å². The minimum absolute atomic E-state index is 0.208. The van der Waals surface area contributed by atoms with Crippen molar-refractivity contribution < 1.29 is 19.4 Å². The van der Waals surface area contributed by atoms with E-state index in [-0.39, 0.29) is 12.5 Å². The molecule has 0 spiro atoms. The van der Waals surface area contributed by atoms with Crippen LogP contribution in [0.5, 0.6) is 0 Å². The van der Waals surface area contributed by atoms with Crippen LogP contribution < -0.4 is 0 Å². The number of carboxylic acid groups (broad SMARTS) is 1. The van der Waals surface area contributed by atoms with E-state index in [1.165, 1.54) is 0 Å². The zero-order valence-corrected chi connectivity index (χ0v) is 9.08. The second-order valence-electron chi connectivity index (χ2n) is 3.77. The summed E-state index contributed by atoms with van der Waals surface area (Å²) in [6.07, 6.45) is 1.02. The molecule has 0 bridgehead atoms. The number of allylic oxidation sites excluding steroid dienone is 1. The van der Waals surface area contributed by atoms with Gasteiger partial charge in [-0.3, -0.25) is 9.59 Å². The second kappa shape index (κ2) is 4.04. The van der Waals surface area contributed by atoms with Crippen LogP contribution in [0, 0.1) is 11.3 Å². The van der Waals surface area contributed by atoms with Crippen LogP contribution in [0.1, 0.15) is 26.7 Å². The predicted octanol–water partition coefficient (Wildman–Crippen LogP) is 1.61. The summed E-state index contributed by atoms with van der Waals surface area (Å²) in [5, 5.41) is 9.07. The van der Waals surface area contributed by atoms with E-state index >= 15 is 0 Å². The Kier molecular flexibility index (Phi) is 3.17. The highest BCUT2D eigenvalue weighted by molar-refractivity contribution is 6.03. The lowest BCUT2D eigenvalue weighted by Gasteiger charge is -2.11. The summed E-state index contributed by atoms with van der Waals surface area (Å²) in [5.41, 5.74) is -0.534. The topological polar surface area (TPSA) is 63.6 Å². The van der Waals surface area contributed by atoms with Crippen LogP contribution >= 0.6 is 0 Å². The average molecular weight is 212 g/mol. The minimum Gasteiger partial charge on any atom is -0.480 e. The second-order valence-corrected chi connectivity index (χ2v) is 3.77. The molecule has 0 radical (unpaired) electrons. The first-order valence-electron chi connectivity index (χ1n) is 5.09. The third-order valence-corrected chi connectivity index (χ3v) is 2.93. The van der Waals surface area contributed by atoms with E-state index < -0.39 is 17.4 Å². The third kappa shape index (κ3) is 1.76. The van der Waals surface area contributed by atoms with Gasteiger partial charge in [0.25, 0.3) is 0 Å². The molecule has 0 saturated heterocycles.